The first-order valence-electron chi connectivity index (χ1n) is 9.40. The van der Waals surface area contributed by atoms with Crippen molar-refractivity contribution < 1.29 is 9.53 Å². The number of benzene rings is 3. The van der Waals surface area contributed by atoms with Crippen LogP contribution in [0.15, 0.2) is 76.8 Å². The average Bonchev–Trinajstić information content (AvgIpc) is 2.74. The number of hydrogen-bond acceptors (Lipinski definition) is 3. The molecule has 150 valence electrons. The molecule has 3 aromatic carbocycles. The van der Waals surface area contributed by atoms with Crippen molar-refractivity contribution in [1.29, 1.82) is 5.26 Å². The number of carbonyl (C=O) groups is 1. The zero-order valence-corrected chi connectivity index (χ0v) is 18.4. The highest BCUT2D eigenvalue weighted by molar-refractivity contribution is 9.10. The predicted molar refractivity (Wildman–Crippen MR) is 123 cm³/mol. The highest BCUT2D eigenvalue weighted by Gasteiger charge is 2.13. The van der Waals surface area contributed by atoms with Gasteiger partial charge in [-0.25, -0.2) is 0 Å². The predicted octanol–water partition coefficient (Wildman–Crippen LogP) is 5.90. The molecule has 0 unspecified atom stereocenters. The van der Waals surface area contributed by atoms with Gasteiger partial charge in [0, 0.05) is 10.2 Å². The third-order valence-corrected chi connectivity index (χ3v) is 5.40. The number of nitriles is 1. The SMILES string of the molecule is COc1ccc(/C=C(\C#N)C(=O)Nc2cccc(C)c2)c(Cc2ccccc2Br)c1. The van der Waals surface area contributed by atoms with E-state index in [1.54, 1.807) is 19.3 Å². The van der Waals surface area contributed by atoms with Crippen molar-refractivity contribution >= 4 is 33.6 Å². The highest BCUT2D eigenvalue weighted by atomic mass is 79.9. The Morgan fingerprint density at radius 3 is 2.60 bits per heavy atom. The highest BCUT2D eigenvalue weighted by Crippen LogP contribution is 2.26. The van der Waals surface area contributed by atoms with Crippen molar-refractivity contribution in [3.63, 3.8) is 0 Å². The minimum Gasteiger partial charge on any atom is -0.497 e. The Balaban J connectivity index is 1.94. The van der Waals surface area contributed by atoms with Crippen molar-refractivity contribution in [2.75, 3.05) is 12.4 Å². The molecule has 0 saturated heterocycles. The molecular weight excluding hydrogens is 440 g/mol. The molecule has 1 N–H and O–H groups in total. The molecule has 3 aromatic rings. The molecule has 0 radical (unpaired) electrons. The van der Waals surface area contributed by atoms with Crippen LogP contribution in [0.4, 0.5) is 5.69 Å². The fraction of sp³-hybridized carbons (Fsp3) is 0.120. The van der Waals surface area contributed by atoms with E-state index in [0.29, 0.717) is 12.1 Å². The molecule has 3 rings (SSSR count). The summed E-state index contributed by atoms with van der Waals surface area (Å²) in [7, 11) is 1.61. The van der Waals surface area contributed by atoms with E-state index in [2.05, 4.69) is 21.2 Å². The van der Waals surface area contributed by atoms with Crippen molar-refractivity contribution in [3.05, 3.63) is 99.0 Å². The van der Waals surface area contributed by atoms with Crippen LogP contribution >= 0.6 is 15.9 Å². The lowest BCUT2D eigenvalue weighted by molar-refractivity contribution is -0.112. The number of nitrogens with zero attached hydrogens (tertiary/aromatic N) is 1. The second kappa shape index (κ2) is 9.91. The molecule has 0 aliphatic rings. The molecule has 0 bridgehead atoms. The Labute approximate surface area is 184 Å². The number of halogens is 1. The fourth-order valence-corrected chi connectivity index (χ4v) is 3.50. The zero-order valence-electron chi connectivity index (χ0n) is 16.8. The van der Waals surface area contributed by atoms with Crippen molar-refractivity contribution in [2.45, 2.75) is 13.3 Å². The molecule has 0 spiro atoms. The Morgan fingerprint density at radius 1 is 1.10 bits per heavy atom. The van der Waals surface area contributed by atoms with Gasteiger partial charge in [-0.2, -0.15) is 5.26 Å². The Kier molecular flexibility index (Phi) is 7.05. The van der Waals surface area contributed by atoms with Crippen molar-refractivity contribution in [2.24, 2.45) is 0 Å². The number of ether oxygens (including phenoxy) is 1. The number of nitrogens with one attached hydrogen (secondary N) is 1. The molecule has 0 saturated carbocycles. The summed E-state index contributed by atoms with van der Waals surface area (Å²) in [4.78, 5) is 12.7. The van der Waals surface area contributed by atoms with Crippen LogP contribution in [0.25, 0.3) is 6.08 Å². The van der Waals surface area contributed by atoms with E-state index in [0.717, 1.165) is 32.5 Å². The van der Waals surface area contributed by atoms with Gasteiger partial charge in [-0.15, -0.1) is 0 Å². The van der Waals surface area contributed by atoms with E-state index in [-0.39, 0.29) is 5.57 Å². The number of aryl methyl sites for hydroxylation is 1. The lowest BCUT2D eigenvalue weighted by Gasteiger charge is -2.11. The Hall–Kier alpha value is -3.36. The van der Waals surface area contributed by atoms with E-state index in [1.165, 1.54) is 0 Å². The first-order chi connectivity index (χ1) is 14.5. The second-order valence-electron chi connectivity index (χ2n) is 6.83. The smallest absolute Gasteiger partial charge is 0.266 e. The van der Waals surface area contributed by atoms with Crippen LogP contribution in [-0.2, 0) is 11.2 Å². The summed E-state index contributed by atoms with van der Waals surface area (Å²) in [6.07, 6.45) is 2.25. The molecule has 5 heteroatoms. The van der Waals surface area contributed by atoms with Crippen LogP contribution in [-0.4, -0.2) is 13.0 Å². The van der Waals surface area contributed by atoms with E-state index in [1.807, 2.05) is 73.7 Å². The minimum atomic E-state index is -0.439. The molecule has 0 aliphatic carbocycles. The summed E-state index contributed by atoms with van der Waals surface area (Å²) in [5.41, 5.74) is 4.57. The third-order valence-electron chi connectivity index (χ3n) is 4.63. The minimum absolute atomic E-state index is 0.0371. The lowest BCUT2D eigenvalue weighted by atomic mass is 9.97. The van der Waals surface area contributed by atoms with Gasteiger partial charge < -0.3 is 10.1 Å². The fourth-order valence-electron chi connectivity index (χ4n) is 3.08. The summed E-state index contributed by atoms with van der Waals surface area (Å²) in [5.74, 6) is 0.280. The van der Waals surface area contributed by atoms with Gasteiger partial charge in [-0.05, 0) is 72.0 Å². The van der Waals surface area contributed by atoms with Gasteiger partial charge in [0.1, 0.15) is 17.4 Å². The molecule has 0 fully saturated rings. The van der Waals surface area contributed by atoms with Gasteiger partial charge >= 0.3 is 0 Å². The van der Waals surface area contributed by atoms with E-state index in [4.69, 9.17) is 4.74 Å². The van der Waals surface area contributed by atoms with E-state index in [9.17, 15) is 10.1 Å². The van der Waals surface area contributed by atoms with Gasteiger partial charge in [0.05, 0.1) is 7.11 Å². The maximum atomic E-state index is 12.7. The maximum Gasteiger partial charge on any atom is 0.266 e. The summed E-state index contributed by atoms with van der Waals surface area (Å²) >= 11 is 3.58. The van der Waals surface area contributed by atoms with Crippen LogP contribution in [0.5, 0.6) is 5.75 Å². The quantitative estimate of drug-likeness (QED) is 0.367. The first kappa shape index (κ1) is 21.4. The van der Waals surface area contributed by atoms with Crippen LogP contribution in [0, 0.1) is 18.3 Å². The average molecular weight is 461 g/mol. The summed E-state index contributed by atoms with van der Waals surface area (Å²) in [6.45, 7) is 1.95. The second-order valence-corrected chi connectivity index (χ2v) is 7.68. The van der Waals surface area contributed by atoms with Gasteiger partial charge in [0.2, 0.25) is 0 Å². The van der Waals surface area contributed by atoms with Crippen LogP contribution in [0.2, 0.25) is 0 Å². The van der Waals surface area contributed by atoms with Gasteiger partial charge in [0.15, 0.2) is 0 Å². The molecule has 0 heterocycles. The number of rotatable bonds is 6. The molecule has 1 amide bonds. The van der Waals surface area contributed by atoms with E-state index >= 15 is 0 Å². The van der Waals surface area contributed by atoms with Crippen molar-refractivity contribution in [1.82, 2.24) is 0 Å². The monoisotopic (exact) mass is 460 g/mol. The molecule has 4 nitrogen and oxygen atoms in total. The summed E-state index contributed by atoms with van der Waals surface area (Å²) < 4.78 is 6.37. The molecule has 0 aromatic heterocycles. The van der Waals surface area contributed by atoms with Crippen molar-refractivity contribution in [3.8, 4) is 11.8 Å². The molecule has 0 aliphatic heterocycles. The molecule has 0 atom stereocenters. The Bertz CT molecular complexity index is 1150. The van der Waals surface area contributed by atoms with Crippen LogP contribution in [0.3, 0.4) is 0 Å². The maximum absolute atomic E-state index is 12.7. The molecular formula is C25H21BrN2O2. The number of carbonyl (C=O) groups excluding carboxylic acids is 1. The van der Waals surface area contributed by atoms with E-state index < -0.39 is 5.91 Å². The van der Waals surface area contributed by atoms with Gasteiger partial charge in [-0.1, -0.05) is 52.3 Å². The normalized spacial score (nSPS) is 10.9. The van der Waals surface area contributed by atoms with Crippen LogP contribution in [0.1, 0.15) is 22.3 Å². The zero-order chi connectivity index (χ0) is 21.5. The summed E-state index contributed by atoms with van der Waals surface area (Å²) in [6, 6.07) is 23.1. The molecule has 30 heavy (non-hydrogen) atoms. The first-order valence-corrected chi connectivity index (χ1v) is 10.2. The van der Waals surface area contributed by atoms with Gasteiger partial charge in [-0.3, -0.25) is 4.79 Å². The largest absolute Gasteiger partial charge is 0.497 e. The lowest BCUT2D eigenvalue weighted by Crippen LogP contribution is -2.13. The third kappa shape index (κ3) is 5.37. The standard InChI is InChI=1S/C25H21BrN2O2/c1-17-6-5-8-22(12-17)28-25(29)21(16-27)13-18-10-11-23(30-2)15-20(18)14-19-7-3-4-9-24(19)26/h3-13,15H,14H2,1-2H3,(H,28,29)/b21-13+. The number of hydrogen-bond donors (Lipinski definition) is 1. The number of amides is 1. The van der Waals surface area contributed by atoms with Gasteiger partial charge in [0.25, 0.3) is 5.91 Å². The topological polar surface area (TPSA) is 62.1 Å². The number of anilines is 1. The Morgan fingerprint density at radius 2 is 1.90 bits per heavy atom. The van der Waals surface area contributed by atoms with Crippen LogP contribution < -0.4 is 10.1 Å². The number of methoxy groups -OCH3 is 1. The summed E-state index contributed by atoms with van der Waals surface area (Å²) in [5, 5.41) is 12.4.